The molecular weight excluding hydrogens is 380 g/mol. The molecule has 106 valence electrons. The minimum absolute atomic E-state index is 0.247. The predicted octanol–water partition coefficient (Wildman–Crippen LogP) is 5.45. The molecule has 0 saturated carbocycles. The van der Waals surface area contributed by atoms with Crippen molar-refractivity contribution in [2.24, 2.45) is 0 Å². The molecule has 0 aromatic heterocycles. The van der Waals surface area contributed by atoms with Gasteiger partial charge in [0, 0.05) is 34.8 Å². The van der Waals surface area contributed by atoms with Crippen molar-refractivity contribution in [1.29, 1.82) is 0 Å². The van der Waals surface area contributed by atoms with Crippen LogP contribution < -0.4 is 10.2 Å². The van der Waals surface area contributed by atoms with Crippen LogP contribution in [0.15, 0.2) is 51.4 Å². The molecule has 2 aromatic carbocycles. The van der Waals surface area contributed by atoms with Crippen molar-refractivity contribution in [3.63, 3.8) is 0 Å². The first-order valence-electron chi connectivity index (χ1n) is 6.46. The fourth-order valence-electron chi connectivity index (χ4n) is 1.99. The van der Waals surface area contributed by atoms with Crippen LogP contribution in [-0.4, -0.2) is 14.1 Å². The van der Waals surface area contributed by atoms with Gasteiger partial charge in [0.25, 0.3) is 0 Å². The van der Waals surface area contributed by atoms with E-state index in [0.29, 0.717) is 0 Å². The molecule has 1 N–H and O–H groups in total. The summed E-state index contributed by atoms with van der Waals surface area (Å²) in [4.78, 5) is 2.10. The lowest BCUT2D eigenvalue weighted by atomic mass is 10.1. The second kappa shape index (κ2) is 6.64. The molecule has 0 aliphatic heterocycles. The highest BCUT2D eigenvalue weighted by atomic mass is 79.9. The number of benzene rings is 2. The molecule has 20 heavy (non-hydrogen) atoms. The van der Waals surface area contributed by atoms with Gasteiger partial charge in [-0.3, -0.25) is 0 Å². The van der Waals surface area contributed by atoms with Gasteiger partial charge in [-0.05, 0) is 58.7 Å². The minimum atomic E-state index is 0.247. The van der Waals surface area contributed by atoms with E-state index >= 15 is 0 Å². The van der Waals surface area contributed by atoms with Crippen molar-refractivity contribution in [3.05, 3.63) is 57.0 Å². The smallest absolute Gasteiger partial charge is 0.0500 e. The third kappa shape index (κ3) is 3.76. The first kappa shape index (κ1) is 15.4. The van der Waals surface area contributed by atoms with E-state index in [1.54, 1.807) is 0 Å². The Morgan fingerprint density at radius 2 is 1.65 bits per heavy atom. The number of nitrogens with one attached hydrogen (secondary N) is 1. The molecule has 0 aliphatic rings. The summed E-state index contributed by atoms with van der Waals surface area (Å²) < 4.78 is 2.14. The van der Waals surface area contributed by atoms with Crippen LogP contribution in [0.1, 0.15) is 18.5 Å². The monoisotopic (exact) mass is 396 g/mol. The number of nitrogens with zero attached hydrogens (tertiary/aromatic N) is 1. The molecule has 0 heterocycles. The molecule has 0 spiro atoms. The van der Waals surface area contributed by atoms with Crippen molar-refractivity contribution < 1.29 is 0 Å². The molecule has 2 aromatic rings. The molecule has 4 heteroatoms. The Labute approximate surface area is 137 Å². The number of anilines is 2. The van der Waals surface area contributed by atoms with E-state index in [-0.39, 0.29) is 6.04 Å². The van der Waals surface area contributed by atoms with Gasteiger partial charge >= 0.3 is 0 Å². The highest BCUT2D eigenvalue weighted by Gasteiger charge is 2.08. The predicted molar refractivity (Wildman–Crippen MR) is 94.6 cm³/mol. The summed E-state index contributed by atoms with van der Waals surface area (Å²) in [5.41, 5.74) is 3.57. The Hall–Kier alpha value is -1.00. The molecule has 0 amide bonds. The average Bonchev–Trinajstić information content (AvgIpc) is 2.43. The van der Waals surface area contributed by atoms with Gasteiger partial charge in [-0.1, -0.05) is 28.1 Å². The second-order valence-corrected chi connectivity index (χ2v) is 6.75. The maximum atomic E-state index is 3.57. The fourth-order valence-corrected chi connectivity index (χ4v) is 2.71. The van der Waals surface area contributed by atoms with Crippen molar-refractivity contribution in [3.8, 4) is 0 Å². The molecule has 2 rings (SSSR count). The Morgan fingerprint density at radius 3 is 2.25 bits per heavy atom. The lowest BCUT2D eigenvalue weighted by Gasteiger charge is -2.19. The van der Waals surface area contributed by atoms with Crippen molar-refractivity contribution in [2.75, 3.05) is 24.3 Å². The maximum Gasteiger partial charge on any atom is 0.0500 e. The first-order chi connectivity index (χ1) is 9.47. The minimum Gasteiger partial charge on any atom is -0.378 e. The summed E-state index contributed by atoms with van der Waals surface area (Å²) in [5.74, 6) is 0. The van der Waals surface area contributed by atoms with Crippen LogP contribution >= 0.6 is 31.9 Å². The van der Waals surface area contributed by atoms with Crippen LogP contribution in [0.4, 0.5) is 11.4 Å². The molecular formula is C16H18Br2N2. The van der Waals surface area contributed by atoms with Gasteiger partial charge < -0.3 is 10.2 Å². The molecule has 0 radical (unpaired) electrons. The van der Waals surface area contributed by atoms with Crippen molar-refractivity contribution >= 4 is 43.2 Å². The third-order valence-corrected chi connectivity index (χ3v) is 4.39. The summed E-state index contributed by atoms with van der Waals surface area (Å²) in [7, 11) is 4.10. The van der Waals surface area contributed by atoms with Gasteiger partial charge in [-0.25, -0.2) is 0 Å². The van der Waals surface area contributed by atoms with Gasteiger partial charge in [0.15, 0.2) is 0 Å². The summed E-state index contributed by atoms with van der Waals surface area (Å²) in [6.07, 6.45) is 0. The van der Waals surface area contributed by atoms with E-state index in [1.165, 1.54) is 11.3 Å². The number of hydrogen-bond acceptors (Lipinski definition) is 2. The van der Waals surface area contributed by atoms with E-state index in [0.717, 1.165) is 14.6 Å². The quantitative estimate of drug-likeness (QED) is 0.737. The Kier molecular flexibility index (Phi) is 5.11. The second-order valence-electron chi connectivity index (χ2n) is 4.98. The zero-order valence-electron chi connectivity index (χ0n) is 11.8. The number of hydrogen-bond donors (Lipinski definition) is 1. The standard InChI is InChI=1S/C16H18Br2N2/c1-11(12-4-7-14(8-5-12)20(2)3)19-16-10-13(17)6-9-15(16)18/h4-11,19H,1-3H3. The largest absolute Gasteiger partial charge is 0.378 e. The zero-order valence-corrected chi connectivity index (χ0v) is 15.0. The van der Waals surface area contributed by atoms with E-state index in [2.05, 4.69) is 93.4 Å². The Morgan fingerprint density at radius 1 is 1.00 bits per heavy atom. The molecule has 0 bridgehead atoms. The van der Waals surface area contributed by atoms with Gasteiger partial charge in [0.1, 0.15) is 0 Å². The van der Waals surface area contributed by atoms with Gasteiger partial charge in [-0.2, -0.15) is 0 Å². The lowest BCUT2D eigenvalue weighted by molar-refractivity contribution is 0.883. The fraction of sp³-hybridized carbons (Fsp3) is 0.250. The SMILES string of the molecule is CC(Nc1cc(Br)ccc1Br)c1ccc(N(C)C)cc1. The molecule has 1 unspecified atom stereocenters. The number of rotatable bonds is 4. The summed E-state index contributed by atoms with van der Waals surface area (Å²) >= 11 is 7.07. The molecule has 0 aliphatic carbocycles. The normalized spacial score (nSPS) is 12.1. The molecule has 0 fully saturated rings. The lowest BCUT2D eigenvalue weighted by Crippen LogP contribution is -2.10. The summed E-state index contributed by atoms with van der Waals surface area (Å²) in [6.45, 7) is 2.16. The topological polar surface area (TPSA) is 15.3 Å². The van der Waals surface area contributed by atoms with E-state index in [1.807, 2.05) is 12.1 Å². The maximum absolute atomic E-state index is 3.57. The van der Waals surface area contributed by atoms with E-state index < -0.39 is 0 Å². The summed E-state index contributed by atoms with van der Waals surface area (Å²) in [5, 5.41) is 3.53. The van der Waals surface area contributed by atoms with Crippen molar-refractivity contribution in [1.82, 2.24) is 0 Å². The van der Waals surface area contributed by atoms with Crippen LogP contribution in [0, 0.1) is 0 Å². The van der Waals surface area contributed by atoms with Crippen LogP contribution in [0.5, 0.6) is 0 Å². The van der Waals surface area contributed by atoms with Gasteiger partial charge in [0.05, 0.1) is 5.69 Å². The summed E-state index contributed by atoms with van der Waals surface area (Å²) in [6, 6.07) is 15.0. The highest BCUT2D eigenvalue weighted by Crippen LogP contribution is 2.29. The van der Waals surface area contributed by atoms with Gasteiger partial charge in [-0.15, -0.1) is 0 Å². The van der Waals surface area contributed by atoms with Crippen molar-refractivity contribution in [2.45, 2.75) is 13.0 Å². The first-order valence-corrected chi connectivity index (χ1v) is 8.05. The highest BCUT2D eigenvalue weighted by molar-refractivity contribution is 9.11. The third-order valence-electron chi connectivity index (χ3n) is 3.21. The Bertz CT molecular complexity index is 580. The van der Waals surface area contributed by atoms with Gasteiger partial charge in [0.2, 0.25) is 0 Å². The van der Waals surface area contributed by atoms with Crippen LogP contribution in [0.2, 0.25) is 0 Å². The number of halogens is 2. The average molecular weight is 398 g/mol. The molecule has 2 nitrogen and oxygen atoms in total. The molecule has 0 saturated heterocycles. The molecule has 1 atom stereocenters. The zero-order chi connectivity index (χ0) is 14.7. The Balaban J connectivity index is 2.15. The van der Waals surface area contributed by atoms with Crippen LogP contribution in [-0.2, 0) is 0 Å². The van der Waals surface area contributed by atoms with E-state index in [4.69, 9.17) is 0 Å². The van der Waals surface area contributed by atoms with Crippen LogP contribution in [0.3, 0.4) is 0 Å². The van der Waals surface area contributed by atoms with E-state index in [9.17, 15) is 0 Å². The van der Waals surface area contributed by atoms with Crippen LogP contribution in [0.25, 0.3) is 0 Å².